The smallest absolute Gasteiger partial charge is 0.270 e. The lowest BCUT2D eigenvalue weighted by Gasteiger charge is -2.26. The zero-order valence-electron chi connectivity index (χ0n) is 15.1. The number of ether oxygens (including phenoxy) is 1. The largest absolute Gasteiger partial charge is 0.496 e. The normalized spacial score (nSPS) is 14.3. The number of para-hydroxylation sites is 1. The molecule has 0 radical (unpaired) electrons. The van der Waals surface area contributed by atoms with Gasteiger partial charge in [-0.3, -0.25) is 0 Å². The number of nitrogens with two attached hydrogens (primary N) is 1. The van der Waals surface area contributed by atoms with Gasteiger partial charge in [-0.2, -0.15) is 0 Å². The summed E-state index contributed by atoms with van der Waals surface area (Å²) in [5.41, 5.74) is 9.27. The topological polar surface area (TPSA) is 89.8 Å². The Hall–Kier alpha value is -3.61. The Morgan fingerprint density at radius 3 is 2.48 bits per heavy atom. The molecule has 1 aliphatic heterocycles. The molecule has 1 aromatic heterocycles. The maximum absolute atomic E-state index is 6.25. The van der Waals surface area contributed by atoms with Gasteiger partial charge in [0.05, 0.1) is 19.4 Å². The first-order valence-electron chi connectivity index (χ1n) is 8.48. The van der Waals surface area contributed by atoms with Crippen molar-refractivity contribution in [2.24, 2.45) is 10.7 Å². The first kappa shape index (κ1) is 16.8. The first-order chi connectivity index (χ1) is 13.2. The Labute approximate surface area is 156 Å². The fourth-order valence-corrected chi connectivity index (χ4v) is 2.92. The lowest BCUT2D eigenvalue weighted by Crippen LogP contribution is -2.34. The molecule has 0 saturated carbocycles. The van der Waals surface area contributed by atoms with E-state index in [0.717, 1.165) is 22.6 Å². The predicted octanol–water partition coefficient (Wildman–Crippen LogP) is 2.76. The Bertz CT molecular complexity index is 1020. The second-order valence-corrected chi connectivity index (χ2v) is 6.13. The van der Waals surface area contributed by atoms with Crippen LogP contribution in [0, 0.1) is 0 Å². The van der Waals surface area contributed by atoms with Gasteiger partial charge >= 0.3 is 0 Å². The Kier molecular flexibility index (Phi) is 4.33. The van der Waals surface area contributed by atoms with Crippen LogP contribution in [-0.4, -0.2) is 41.5 Å². The van der Waals surface area contributed by atoms with E-state index >= 15 is 0 Å². The molecule has 2 aromatic carbocycles. The maximum atomic E-state index is 6.25. The van der Waals surface area contributed by atoms with Crippen molar-refractivity contribution < 1.29 is 9.15 Å². The predicted molar refractivity (Wildman–Crippen MR) is 103 cm³/mol. The molecule has 0 aliphatic carbocycles. The van der Waals surface area contributed by atoms with Crippen molar-refractivity contribution in [1.82, 2.24) is 15.1 Å². The molecule has 0 bridgehead atoms. The molecular weight excluding hydrogens is 342 g/mol. The Morgan fingerprint density at radius 1 is 1.00 bits per heavy atom. The summed E-state index contributed by atoms with van der Waals surface area (Å²) in [5.74, 6) is 1.94. The zero-order chi connectivity index (χ0) is 18.8. The molecule has 1 aliphatic rings. The van der Waals surface area contributed by atoms with E-state index in [1.807, 2.05) is 66.5 Å². The molecule has 0 fully saturated rings. The summed E-state index contributed by atoms with van der Waals surface area (Å²) in [6.45, 7) is 0.551. The minimum atomic E-state index is 0.283. The molecule has 0 atom stereocenters. The van der Waals surface area contributed by atoms with E-state index in [2.05, 4.69) is 10.2 Å². The molecule has 7 heteroatoms. The zero-order valence-corrected chi connectivity index (χ0v) is 15.1. The SMILES string of the molecule is COc1ccccc1C1=NC(c2nnc(-c3ccccc3)o2)=C(N)N(C)C1. The summed E-state index contributed by atoms with van der Waals surface area (Å²) < 4.78 is 11.3. The number of methoxy groups -OCH3 is 1. The van der Waals surface area contributed by atoms with E-state index in [4.69, 9.17) is 19.9 Å². The van der Waals surface area contributed by atoms with Crippen molar-refractivity contribution in [3.05, 3.63) is 71.9 Å². The second kappa shape index (κ2) is 6.95. The van der Waals surface area contributed by atoms with Crippen LogP contribution in [0.3, 0.4) is 0 Å². The maximum Gasteiger partial charge on any atom is 0.270 e. The van der Waals surface area contributed by atoms with E-state index in [1.54, 1.807) is 7.11 Å². The van der Waals surface area contributed by atoms with E-state index in [9.17, 15) is 0 Å². The Morgan fingerprint density at radius 2 is 1.70 bits per heavy atom. The van der Waals surface area contributed by atoms with Crippen molar-refractivity contribution in [2.45, 2.75) is 0 Å². The number of rotatable bonds is 4. The highest BCUT2D eigenvalue weighted by Crippen LogP contribution is 2.28. The van der Waals surface area contributed by atoms with Gasteiger partial charge in [0, 0.05) is 18.2 Å². The van der Waals surface area contributed by atoms with E-state index < -0.39 is 0 Å². The molecule has 4 rings (SSSR count). The highest BCUT2D eigenvalue weighted by molar-refractivity contribution is 6.07. The summed E-state index contributed by atoms with van der Waals surface area (Å²) >= 11 is 0. The van der Waals surface area contributed by atoms with E-state index in [1.165, 1.54) is 0 Å². The monoisotopic (exact) mass is 361 g/mol. The van der Waals surface area contributed by atoms with Crippen LogP contribution in [0.2, 0.25) is 0 Å². The highest BCUT2D eigenvalue weighted by Gasteiger charge is 2.25. The van der Waals surface area contributed by atoms with Crippen LogP contribution in [0.15, 0.2) is 69.8 Å². The van der Waals surface area contributed by atoms with Gasteiger partial charge in [-0.25, -0.2) is 4.99 Å². The van der Waals surface area contributed by atoms with E-state index in [0.29, 0.717) is 24.0 Å². The lowest BCUT2D eigenvalue weighted by atomic mass is 10.1. The average molecular weight is 361 g/mol. The minimum Gasteiger partial charge on any atom is -0.496 e. The molecule has 136 valence electrons. The van der Waals surface area contributed by atoms with Gasteiger partial charge in [0.25, 0.3) is 5.89 Å². The van der Waals surface area contributed by atoms with Crippen molar-refractivity contribution in [1.29, 1.82) is 0 Å². The van der Waals surface area contributed by atoms with Crippen molar-refractivity contribution in [3.8, 4) is 17.2 Å². The highest BCUT2D eigenvalue weighted by atomic mass is 16.5. The van der Waals surface area contributed by atoms with Gasteiger partial charge in [0.1, 0.15) is 11.6 Å². The third-order valence-corrected chi connectivity index (χ3v) is 4.35. The molecule has 0 saturated heterocycles. The molecule has 7 nitrogen and oxygen atoms in total. The average Bonchev–Trinajstić information content (AvgIpc) is 3.20. The fraction of sp³-hybridized carbons (Fsp3) is 0.150. The molecule has 0 amide bonds. The molecular formula is C20H19N5O2. The van der Waals surface area contributed by atoms with Crippen LogP contribution >= 0.6 is 0 Å². The van der Waals surface area contributed by atoms with Gasteiger partial charge in [-0.05, 0) is 24.3 Å². The molecule has 0 unspecified atom stereocenters. The quantitative estimate of drug-likeness (QED) is 0.768. The lowest BCUT2D eigenvalue weighted by molar-refractivity contribution is 0.412. The number of hydrogen-bond acceptors (Lipinski definition) is 7. The number of hydrogen-bond donors (Lipinski definition) is 1. The van der Waals surface area contributed by atoms with Gasteiger partial charge < -0.3 is 19.8 Å². The third-order valence-electron chi connectivity index (χ3n) is 4.35. The number of likely N-dealkylation sites (N-methyl/N-ethyl adjacent to an activating group) is 1. The standard InChI is InChI=1S/C20H19N5O2/c1-25-12-15(14-10-6-7-11-16(14)26-2)22-17(18(25)21)20-24-23-19(27-20)13-8-4-3-5-9-13/h3-11H,12,21H2,1-2H3. The summed E-state index contributed by atoms with van der Waals surface area (Å²) in [4.78, 5) is 6.62. The third kappa shape index (κ3) is 3.15. The van der Waals surface area contributed by atoms with Gasteiger partial charge in [0.2, 0.25) is 5.89 Å². The van der Waals surface area contributed by atoms with Crippen molar-refractivity contribution in [2.75, 3.05) is 20.7 Å². The minimum absolute atomic E-state index is 0.283. The van der Waals surface area contributed by atoms with Crippen LogP contribution in [0.4, 0.5) is 0 Å². The van der Waals surface area contributed by atoms with Crippen LogP contribution < -0.4 is 10.5 Å². The fourth-order valence-electron chi connectivity index (χ4n) is 2.92. The summed E-state index contributed by atoms with van der Waals surface area (Å²) in [6, 6.07) is 17.3. The first-order valence-corrected chi connectivity index (χ1v) is 8.48. The number of nitrogens with zero attached hydrogens (tertiary/aromatic N) is 4. The van der Waals surface area contributed by atoms with Crippen molar-refractivity contribution >= 4 is 11.4 Å². The number of aromatic nitrogens is 2. The van der Waals surface area contributed by atoms with Gasteiger partial charge in [0.15, 0.2) is 5.70 Å². The van der Waals surface area contributed by atoms with E-state index in [-0.39, 0.29) is 5.89 Å². The van der Waals surface area contributed by atoms with Gasteiger partial charge in [-0.1, -0.05) is 30.3 Å². The van der Waals surface area contributed by atoms with Crippen LogP contribution in [0.5, 0.6) is 5.75 Å². The second-order valence-electron chi connectivity index (χ2n) is 6.13. The molecule has 27 heavy (non-hydrogen) atoms. The molecule has 0 spiro atoms. The number of aliphatic imine (C=N–C) groups is 1. The molecule has 2 heterocycles. The van der Waals surface area contributed by atoms with Gasteiger partial charge in [-0.15, -0.1) is 10.2 Å². The van der Waals surface area contributed by atoms with Crippen LogP contribution in [0.1, 0.15) is 11.5 Å². The summed E-state index contributed by atoms with van der Waals surface area (Å²) in [5, 5.41) is 8.29. The van der Waals surface area contributed by atoms with Crippen LogP contribution in [0.25, 0.3) is 17.2 Å². The molecule has 2 N–H and O–H groups in total. The van der Waals surface area contributed by atoms with Crippen LogP contribution in [-0.2, 0) is 0 Å². The van der Waals surface area contributed by atoms with Crippen molar-refractivity contribution in [3.63, 3.8) is 0 Å². The number of benzene rings is 2. The summed E-state index contributed by atoms with van der Waals surface area (Å²) in [6.07, 6.45) is 0. The summed E-state index contributed by atoms with van der Waals surface area (Å²) in [7, 11) is 3.54. The molecule has 3 aromatic rings. The Balaban J connectivity index is 1.76.